The second-order valence-electron chi connectivity index (χ2n) is 8.66. The van der Waals surface area contributed by atoms with E-state index in [2.05, 4.69) is 10.1 Å². The van der Waals surface area contributed by atoms with Crippen molar-refractivity contribution < 1.29 is 19.1 Å². The number of fused-ring (bicyclic) bond motifs is 1. The number of aromatic nitrogens is 3. The molecule has 2 amide bonds. The number of hydrogen-bond acceptors (Lipinski definition) is 6. The van der Waals surface area contributed by atoms with Gasteiger partial charge in [0.15, 0.2) is 22.8 Å². The molecule has 0 bridgehead atoms. The molecule has 2 aromatic carbocycles. The molecule has 5 rings (SSSR count). The first-order chi connectivity index (χ1) is 17.5. The molecule has 9 heteroatoms. The Hall–Kier alpha value is -4.40. The minimum atomic E-state index is -0.183. The number of carbonyl (C=O) groups excluding carboxylic acids is 2. The predicted molar refractivity (Wildman–Crippen MR) is 134 cm³/mol. The summed E-state index contributed by atoms with van der Waals surface area (Å²) in [6.07, 6.45) is 1.69. The van der Waals surface area contributed by atoms with Crippen molar-refractivity contribution in [1.82, 2.24) is 24.4 Å². The van der Waals surface area contributed by atoms with Crippen molar-refractivity contribution in [3.05, 3.63) is 78.1 Å². The molecule has 1 aliphatic heterocycles. The first-order valence-electron chi connectivity index (χ1n) is 11.7. The van der Waals surface area contributed by atoms with Crippen molar-refractivity contribution in [2.75, 3.05) is 33.9 Å². The zero-order chi connectivity index (χ0) is 25.2. The van der Waals surface area contributed by atoms with Crippen LogP contribution in [0.1, 0.15) is 27.8 Å². The van der Waals surface area contributed by atoms with E-state index in [1.807, 2.05) is 66.4 Å². The van der Waals surface area contributed by atoms with Gasteiger partial charge in [-0.3, -0.25) is 9.59 Å². The van der Waals surface area contributed by atoms with Crippen molar-refractivity contribution in [2.45, 2.75) is 13.0 Å². The van der Waals surface area contributed by atoms with Crippen LogP contribution in [0.5, 0.6) is 11.5 Å². The molecule has 3 heterocycles. The standard InChI is InChI=1S/C27H27N5O4/c1-18-17-30(13-14-31(18)26(33)19-7-5-4-6-8-19)27(34)21-16-25-28-12-11-22(32(25)29-21)20-9-10-23(35-2)24(15-20)36-3/h4-12,15-16,18H,13-14,17H2,1-3H3. The van der Waals surface area contributed by atoms with Crippen molar-refractivity contribution in [3.63, 3.8) is 0 Å². The Kier molecular flexibility index (Phi) is 6.28. The molecule has 0 N–H and O–H groups in total. The van der Waals surface area contributed by atoms with Gasteiger partial charge < -0.3 is 19.3 Å². The number of nitrogens with zero attached hydrogens (tertiary/aromatic N) is 5. The molecule has 9 nitrogen and oxygen atoms in total. The Morgan fingerprint density at radius 2 is 1.69 bits per heavy atom. The average Bonchev–Trinajstić information content (AvgIpc) is 3.37. The molecule has 1 fully saturated rings. The summed E-state index contributed by atoms with van der Waals surface area (Å²) in [6.45, 7) is 3.29. The van der Waals surface area contributed by atoms with E-state index in [1.165, 1.54) is 0 Å². The Balaban J connectivity index is 1.37. The van der Waals surface area contributed by atoms with Crippen LogP contribution in [0.3, 0.4) is 0 Å². The summed E-state index contributed by atoms with van der Waals surface area (Å²) >= 11 is 0. The lowest BCUT2D eigenvalue weighted by Crippen LogP contribution is -2.55. The van der Waals surface area contributed by atoms with Crippen LogP contribution in [0.25, 0.3) is 16.9 Å². The molecule has 0 saturated carbocycles. The lowest BCUT2D eigenvalue weighted by molar-refractivity contribution is 0.0411. The van der Waals surface area contributed by atoms with E-state index >= 15 is 0 Å². The summed E-state index contributed by atoms with van der Waals surface area (Å²) < 4.78 is 12.4. The normalized spacial score (nSPS) is 15.7. The van der Waals surface area contributed by atoms with Gasteiger partial charge in [-0.05, 0) is 43.3 Å². The Bertz CT molecular complexity index is 1420. The second kappa shape index (κ2) is 9.69. The van der Waals surface area contributed by atoms with Crippen LogP contribution >= 0.6 is 0 Å². The summed E-state index contributed by atoms with van der Waals surface area (Å²) in [5.74, 6) is 1.02. The van der Waals surface area contributed by atoms with Crippen molar-refractivity contribution in [1.29, 1.82) is 0 Å². The molecular formula is C27H27N5O4. The van der Waals surface area contributed by atoms with Crippen LogP contribution in [0.2, 0.25) is 0 Å². The minimum Gasteiger partial charge on any atom is -0.493 e. The van der Waals surface area contributed by atoms with Gasteiger partial charge in [0.2, 0.25) is 0 Å². The maximum Gasteiger partial charge on any atom is 0.274 e. The first kappa shape index (κ1) is 23.3. The number of hydrogen-bond donors (Lipinski definition) is 0. The van der Waals surface area contributed by atoms with Gasteiger partial charge in [-0.2, -0.15) is 5.10 Å². The molecule has 4 aromatic rings. The van der Waals surface area contributed by atoms with Gasteiger partial charge in [0.05, 0.1) is 19.9 Å². The van der Waals surface area contributed by atoms with Gasteiger partial charge in [-0.1, -0.05) is 18.2 Å². The zero-order valence-corrected chi connectivity index (χ0v) is 20.4. The van der Waals surface area contributed by atoms with Crippen LogP contribution in [0, 0.1) is 0 Å². The summed E-state index contributed by atoms with van der Waals surface area (Å²) in [5.41, 5.74) is 3.15. The number of ether oxygens (including phenoxy) is 2. The highest BCUT2D eigenvalue weighted by atomic mass is 16.5. The van der Waals surface area contributed by atoms with Gasteiger partial charge in [0, 0.05) is 49.1 Å². The second-order valence-corrected chi connectivity index (χ2v) is 8.66. The SMILES string of the molecule is COc1ccc(-c2ccnc3cc(C(=O)N4CCN(C(=O)c5ccccc5)C(C)C4)nn23)cc1OC. The molecule has 36 heavy (non-hydrogen) atoms. The van der Waals surface area contributed by atoms with E-state index < -0.39 is 0 Å². The van der Waals surface area contributed by atoms with Gasteiger partial charge in [0.25, 0.3) is 11.8 Å². The van der Waals surface area contributed by atoms with Crippen LogP contribution in [0.15, 0.2) is 66.9 Å². The van der Waals surface area contributed by atoms with Crippen molar-refractivity contribution in [2.24, 2.45) is 0 Å². The number of carbonyl (C=O) groups is 2. The lowest BCUT2D eigenvalue weighted by Gasteiger charge is -2.39. The highest BCUT2D eigenvalue weighted by molar-refractivity contribution is 5.96. The molecule has 1 aliphatic rings. The summed E-state index contributed by atoms with van der Waals surface area (Å²) in [6, 6.07) is 18.2. The quantitative estimate of drug-likeness (QED) is 0.431. The lowest BCUT2D eigenvalue weighted by atomic mass is 10.1. The van der Waals surface area contributed by atoms with Crippen LogP contribution in [0.4, 0.5) is 0 Å². The molecule has 0 aliphatic carbocycles. The van der Waals surface area contributed by atoms with E-state index in [0.29, 0.717) is 48.0 Å². The first-order valence-corrected chi connectivity index (χ1v) is 11.7. The molecule has 0 radical (unpaired) electrons. The van der Waals surface area contributed by atoms with E-state index in [4.69, 9.17) is 9.47 Å². The number of rotatable bonds is 5. The van der Waals surface area contributed by atoms with E-state index in [-0.39, 0.29) is 17.9 Å². The van der Waals surface area contributed by atoms with Crippen LogP contribution in [-0.4, -0.2) is 76.1 Å². The molecule has 2 aromatic heterocycles. The van der Waals surface area contributed by atoms with Crippen LogP contribution in [-0.2, 0) is 0 Å². The van der Waals surface area contributed by atoms with E-state index in [0.717, 1.165) is 11.3 Å². The zero-order valence-electron chi connectivity index (χ0n) is 20.4. The highest BCUT2D eigenvalue weighted by Crippen LogP contribution is 2.32. The fourth-order valence-electron chi connectivity index (χ4n) is 4.57. The Labute approximate surface area is 208 Å². The van der Waals surface area contributed by atoms with E-state index in [1.54, 1.807) is 35.9 Å². The molecule has 1 unspecified atom stereocenters. The molecular weight excluding hydrogens is 458 g/mol. The average molecular weight is 486 g/mol. The topological polar surface area (TPSA) is 89.3 Å². The predicted octanol–water partition coefficient (Wildman–Crippen LogP) is 3.40. The monoisotopic (exact) mass is 485 g/mol. The number of piperazine rings is 1. The van der Waals surface area contributed by atoms with Crippen molar-refractivity contribution >= 4 is 17.5 Å². The minimum absolute atomic E-state index is 0.0216. The Morgan fingerprint density at radius 1 is 0.917 bits per heavy atom. The van der Waals surface area contributed by atoms with E-state index in [9.17, 15) is 9.59 Å². The fourth-order valence-corrected chi connectivity index (χ4v) is 4.57. The molecule has 1 atom stereocenters. The molecule has 184 valence electrons. The van der Waals surface area contributed by atoms with Gasteiger partial charge in [-0.25, -0.2) is 9.50 Å². The summed E-state index contributed by atoms with van der Waals surface area (Å²) in [5, 5.41) is 4.60. The van der Waals surface area contributed by atoms with Gasteiger partial charge in [-0.15, -0.1) is 0 Å². The van der Waals surface area contributed by atoms with Crippen molar-refractivity contribution in [3.8, 4) is 22.8 Å². The van der Waals surface area contributed by atoms with Gasteiger partial charge in [0.1, 0.15) is 0 Å². The Morgan fingerprint density at radius 3 is 2.42 bits per heavy atom. The maximum absolute atomic E-state index is 13.4. The molecule has 0 spiro atoms. The maximum atomic E-state index is 13.4. The largest absolute Gasteiger partial charge is 0.493 e. The third-order valence-electron chi connectivity index (χ3n) is 6.45. The third kappa shape index (κ3) is 4.24. The number of methoxy groups -OCH3 is 2. The van der Waals surface area contributed by atoms with Gasteiger partial charge >= 0.3 is 0 Å². The number of amides is 2. The highest BCUT2D eigenvalue weighted by Gasteiger charge is 2.31. The smallest absolute Gasteiger partial charge is 0.274 e. The fraction of sp³-hybridized carbons (Fsp3) is 0.259. The third-order valence-corrected chi connectivity index (χ3v) is 6.45. The van der Waals surface area contributed by atoms with Crippen LogP contribution < -0.4 is 9.47 Å². The summed E-state index contributed by atoms with van der Waals surface area (Å²) in [4.78, 5) is 34.3. The summed E-state index contributed by atoms with van der Waals surface area (Å²) in [7, 11) is 3.18. The molecule has 1 saturated heterocycles. The number of benzene rings is 2.